The number of unbranched alkanes of at least 4 members (excludes halogenated alkanes) is 1. The normalized spacial score (nSPS) is 15.0. The van der Waals surface area contributed by atoms with Crippen LogP contribution in [0.15, 0.2) is 10.4 Å². The Balaban J connectivity index is 4.65. The van der Waals surface area contributed by atoms with Crippen molar-refractivity contribution in [1.82, 2.24) is 21.3 Å². The van der Waals surface area contributed by atoms with E-state index in [2.05, 4.69) is 31.6 Å². The first-order valence-corrected chi connectivity index (χ1v) is 14.3. The zero-order chi connectivity index (χ0) is 30.6. The Kier molecular flexibility index (Phi) is 19.3. The molecule has 0 radical (unpaired) electrons. The summed E-state index contributed by atoms with van der Waals surface area (Å²) in [6.45, 7) is 13.0. The maximum Gasteiger partial charge on any atom is 0.246 e. The molecule has 40 heavy (non-hydrogen) atoms. The minimum atomic E-state index is -0.593. The molecule has 0 bridgehead atoms. The van der Waals surface area contributed by atoms with E-state index >= 15 is 0 Å². The van der Waals surface area contributed by atoms with Gasteiger partial charge in [0.15, 0.2) is 0 Å². The Morgan fingerprint density at radius 3 is 1.80 bits per heavy atom. The summed E-state index contributed by atoms with van der Waals surface area (Å²) >= 11 is 0. The van der Waals surface area contributed by atoms with Gasteiger partial charge in [-0.05, 0) is 106 Å². The summed E-state index contributed by atoms with van der Waals surface area (Å²) in [7, 11) is 0. The lowest BCUT2D eigenvalue weighted by Crippen LogP contribution is -2.48. The van der Waals surface area contributed by atoms with Crippen LogP contribution in [0, 0.1) is 15.7 Å². The highest BCUT2D eigenvalue weighted by molar-refractivity contribution is 5.81. The van der Waals surface area contributed by atoms with E-state index in [0.717, 1.165) is 25.7 Å². The fourth-order valence-electron chi connectivity index (χ4n) is 3.82. The second kappa shape index (κ2) is 20.5. The van der Waals surface area contributed by atoms with Crippen LogP contribution >= 0.6 is 0 Å². The van der Waals surface area contributed by atoms with E-state index in [9.17, 15) is 24.2 Å². The number of nitrogens with one attached hydrogen (secondary N) is 4. The largest absolute Gasteiger partial charge is 0.362 e. The molecular formula is C27H53N7O6. The second-order valence-electron chi connectivity index (χ2n) is 11.5. The smallest absolute Gasteiger partial charge is 0.246 e. The van der Waals surface area contributed by atoms with Crippen LogP contribution in [-0.2, 0) is 19.1 Å². The Morgan fingerprint density at radius 1 is 0.825 bits per heavy atom. The zero-order valence-corrected chi connectivity index (χ0v) is 25.3. The quantitative estimate of drug-likeness (QED) is 0.0616. The molecule has 13 nitrogen and oxygen atoms in total. The minimum Gasteiger partial charge on any atom is -0.362 e. The average Bonchev–Trinajstić information content (AvgIpc) is 2.90. The average molecular weight is 572 g/mol. The van der Waals surface area contributed by atoms with Crippen LogP contribution < -0.4 is 27.0 Å². The molecule has 0 spiro atoms. The van der Waals surface area contributed by atoms with Gasteiger partial charge in [-0.15, -0.1) is 0 Å². The Morgan fingerprint density at radius 2 is 1.32 bits per heavy atom. The summed E-state index contributed by atoms with van der Waals surface area (Å²) in [4.78, 5) is 57.3. The van der Waals surface area contributed by atoms with Crippen LogP contribution in [0.4, 0.5) is 0 Å². The molecule has 0 aliphatic rings. The third-order valence-corrected chi connectivity index (χ3v) is 7.49. The van der Waals surface area contributed by atoms with Crippen LogP contribution in [0.2, 0.25) is 0 Å². The highest BCUT2D eigenvalue weighted by atomic mass is 16.5. The number of carbonyl (C=O) groups is 3. The summed E-state index contributed by atoms with van der Waals surface area (Å²) < 4.78 is 5.21. The van der Waals surface area contributed by atoms with Gasteiger partial charge in [-0.1, -0.05) is 10.4 Å². The van der Waals surface area contributed by atoms with Crippen molar-refractivity contribution >= 4 is 18.1 Å². The first-order valence-electron chi connectivity index (χ1n) is 14.3. The molecule has 0 fully saturated rings. The van der Waals surface area contributed by atoms with E-state index < -0.39 is 23.0 Å². The number of ether oxygens (including phenoxy) is 1. The lowest BCUT2D eigenvalue weighted by Gasteiger charge is -2.31. The van der Waals surface area contributed by atoms with Gasteiger partial charge in [0.1, 0.15) is 31.6 Å². The minimum absolute atomic E-state index is 0.247. The molecule has 2 unspecified atom stereocenters. The number of hydrogen-bond donors (Lipinski definition) is 5. The van der Waals surface area contributed by atoms with Crippen molar-refractivity contribution < 1.29 is 19.1 Å². The zero-order valence-electron chi connectivity index (χ0n) is 25.3. The molecule has 0 aromatic rings. The van der Waals surface area contributed by atoms with E-state index in [4.69, 9.17) is 10.5 Å². The predicted molar refractivity (Wildman–Crippen MR) is 157 cm³/mol. The van der Waals surface area contributed by atoms with Gasteiger partial charge in [-0.2, -0.15) is 9.81 Å². The molecule has 0 heterocycles. The van der Waals surface area contributed by atoms with Gasteiger partial charge in [0.25, 0.3) is 0 Å². The first-order chi connectivity index (χ1) is 18.8. The molecule has 0 aromatic heterocycles. The molecule has 0 aromatic carbocycles. The number of nitrogens with zero attached hydrogens (tertiary/aromatic N) is 2. The van der Waals surface area contributed by atoms with Gasteiger partial charge < -0.3 is 36.5 Å². The van der Waals surface area contributed by atoms with E-state index in [1.165, 1.54) is 0 Å². The van der Waals surface area contributed by atoms with E-state index in [1.54, 1.807) is 13.8 Å². The maximum atomic E-state index is 12.2. The number of aldehydes is 1. The standard InChI is InChI=1S/C27H53N7O6/c1-20(33-38)26(3,4)30-15-11-22(12-16-31-27(5,6)21(2)34-39)10-14-29-24(36)18-40-19-25(37)32-23(17-35)9-7-8-13-28/h17,20-23,30-31H,7-16,18-19,28H2,1-6H3,(H,29,36)(H,32,37)/t20?,21?,22?,23-/m0/s1. The van der Waals surface area contributed by atoms with Gasteiger partial charge in [-0.3, -0.25) is 9.59 Å². The lowest BCUT2D eigenvalue weighted by atomic mass is 9.92. The summed E-state index contributed by atoms with van der Waals surface area (Å²) in [6.07, 6.45) is 5.04. The highest BCUT2D eigenvalue weighted by Gasteiger charge is 2.27. The topological polar surface area (TPSA) is 193 Å². The number of rotatable bonds is 25. The number of hydrogen-bond acceptors (Lipinski definition) is 11. The van der Waals surface area contributed by atoms with Crippen molar-refractivity contribution in [1.29, 1.82) is 0 Å². The van der Waals surface area contributed by atoms with Gasteiger partial charge in [-0.25, -0.2) is 0 Å². The number of carbonyl (C=O) groups excluding carboxylic acids is 3. The number of amides is 2. The van der Waals surface area contributed by atoms with Gasteiger partial charge >= 0.3 is 0 Å². The van der Waals surface area contributed by atoms with Crippen molar-refractivity contribution in [2.24, 2.45) is 22.0 Å². The fraction of sp³-hybridized carbons (Fsp3) is 0.889. The molecular weight excluding hydrogens is 518 g/mol. The maximum absolute atomic E-state index is 12.2. The first kappa shape index (κ1) is 37.6. The molecule has 0 saturated heterocycles. The molecule has 6 N–H and O–H groups in total. The van der Waals surface area contributed by atoms with Crippen LogP contribution in [-0.4, -0.2) is 86.7 Å². The molecule has 232 valence electrons. The molecule has 0 rings (SSSR count). The van der Waals surface area contributed by atoms with Crippen LogP contribution in [0.3, 0.4) is 0 Å². The van der Waals surface area contributed by atoms with Gasteiger partial charge in [0.05, 0.1) is 6.04 Å². The van der Waals surface area contributed by atoms with Crippen LogP contribution in [0.25, 0.3) is 0 Å². The number of nitrogens with two attached hydrogens (primary N) is 1. The fourth-order valence-corrected chi connectivity index (χ4v) is 3.82. The van der Waals surface area contributed by atoms with Crippen LogP contribution in [0.1, 0.15) is 80.1 Å². The third kappa shape index (κ3) is 16.7. The summed E-state index contributed by atoms with van der Waals surface area (Å²) in [5.41, 5.74) is 4.56. The molecule has 13 heteroatoms. The molecule has 0 saturated carbocycles. The molecule has 0 aliphatic heterocycles. The van der Waals surface area contributed by atoms with Crippen molar-refractivity contribution in [3.05, 3.63) is 9.81 Å². The van der Waals surface area contributed by atoms with Crippen molar-refractivity contribution in [2.45, 2.75) is 109 Å². The Bertz CT molecular complexity index is 734. The number of nitroso groups, excluding NO2 is 2. The molecule has 2 amide bonds. The summed E-state index contributed by atoms with van der Waals surface area (Å²) in [6, 6.07) is -1.36. The van der Waals surface area contributed by atoms with E-state index in [-0.39, 0.29) is 37.1 Å². The second-order valence-corrected chi connectivity index (χ2v) is 11.5. The van der Waals surface area contributed by atoms with Crippen LogP contribution in [0.5, 0.6) is 0 Å². The van der Waals surface area contributed by atoms with Gasteiger partial charge in [0.2, 0.25) is 11.8 Å². The summed E-state index contributed by atoms with van der Waals surface area (Å²) in [5.74, 6) is -0.546. The molecule has 3 atom stereocenters. The van der Waals surface area contributed by atoms with E-state index in [0.29, 0.717) is 45.3 Å². The monoisotopic (exact) mass is 571 g/mol. The van der Waals surface area contributed by atoms with Crippen molar-refractivity contribution in [3.63, 3.8) is 0 Å². The Hall–Kier alpha value is -2.35. The van der Waals surface area contributed by atoms with Crippen molar-refractivity contribution in [2.75, 3.05) is 39.4 Å². The van der Waals surface area contributed by atoms with E-state index in [1.807, 2.05) is 27.7 Å². The lowest BCUT2D eigenvalue weighted by molar-refractivity contribution is -0.132. The van der Waals surface area contributed by atoms with Gasteiger partial charge in [0, 0.05) is 17.6 Å². The highest BCUT2D eigenvalue weighted by Crippen LogP contribution is 2.17. The predicted octanol–water partition coefficient (Wildman–Crippen LogP) is 1.76. The SMILES string of the molecule is CC(N=O)C(C)(C)NCCC(CCNC(=O)COCC(=O)N[C@H](C=O)CCCCN)CCNC(C)(C)C(C)N=O. The van der Waals surface area contributed by atoms with Crippen molar-refractivity contribution in [3.8, 4) is 0 Å². The molecule has 0 aliphatic carbocycles. The summed E-state index contributed by atoms with van der Waals surface area (Å²) in [5, 5.41) is 18.5. The third-order valence-electron chi connectivity index (χ3n) is 7.49. The Labute approximate surface area is 239 Å².